The SMILES string of the molecule is NNc1cc(N2CCC(O)CC2)nc(-c2ccccc2)n1. The zero-order valence-corrected chi connectivity index (χ0v) is 11.7. The summed E-state index contributed by atoms with van der Waals surface area (Å²) >= 11 is 0. The van der Waals surface area contributed by atoms with Gasteiger partial charge in [-0.25, -0.2) is 15.8 Å². The number of benzene rings is 1. The van der Waals surface area contributed by atoms with Crippen LogP contribution < -0.4 is 16.2 Å². The normalized spacial score (nSPS) is 16.0. The van der Waals surface area contributed by atoms with Crippen LogP contribution >= 0.6 is 0 Å². The van der Waals surface area contributed by atoms with Crippen LogP contribution in [0.5, 0.6) is 0 Å². The average molecular weight is 285 g/mol. The second kappa shape index (κ2) is 6.07. The molecule has 0 atom stereocenters. The van der Waals surface area contributed by atoms with E-state index in [1.807, 2.05) is 36.4 Å². The van der Waals surface area contributed by atoms with E-state index in [1.54, 1.807) is 0 Å². The Balaban J connectivity index is 1.94. The minimum absolute atomic E-state index is 0.205. The van der Waals surface area contributed by atoms with E-state index in [1.165, 1.54) is 0 Å². The second-order valence-corrected chi connectivity index (χ2v) is 5.16. The van der Waals surface area contributed by atoms with Crippen LogP contribution in [0.1, 0.15) is 12.8 Å². The Morgan fingerprint density at radius 3 is 2.52 bits per heavy atom. The predicted molar refractivity (Wildman–Crippen MR) is 82.7 cm³/mol. The third-order valence-corrected chi connectivity index (χ3v) is 3.68. The Kier molecular flexibility index (Phi) is 3.98. The highest BCUT2D eigenvalue weighted by Crippen LogP contribution is 2.24. The number of aromatic nitrogens is 2. The van der Waals surface area contributed by atoms with Crippen molar-refractivity contribution in [3.63, 3.8) is 0 Å². The fourth-order valence-corrected chi connectivity index (χ4v) is 2.48. The Morgan fingerprint density at radius 1 is 1.14 bits per heavy atom. The number of aliphatic hydroxyl groups excluding tert-OH is 1. The lowest BCUT2D eigenvalue weighted by molar-refractivity contribution is 0.145. The lowest BCUT2D eigenvalue weighted by Gasteiger charge is -2.30. The van der Waals surface area contributed by atoms with Gasteiger partial charge in [-0.3, -0.25) is 0 Å². The lowest BCUT2D eigenvalue weighted by atomic mass is 10.1. The fourth-order valence-electron chi connectivity index (χ4n) is 2.48. The van der Waals surface area contributed by atoms with Crippen LogP contribution in [0.3, 0.4) is 0 Å². The van der Waals surface area contributed by atoms with Gasteiger partial charge in [0.05, 0.1) is 6.10 Å². The molecule has 6 nitrogen and oxygen atoms in total. The van der Waals surface area contributed by atoms with Crippen molar-refractivity contribution >= 4 is 11.6 Å². The summed E-state index contributed by atoms with van der Waals surface area (Å²) in [5.74, 6) is 7.59. The maximum Gasteiger partial charge on any atom is 0.163 e. The third-order valence-electron chi connectivity index (χ3n) is 3.68. The first-order chi connectivity index (χ1) is 10.3. The van der Waals surface area contributed by atoms with Crippen molar-refractivity contribution in [1.29, 1.82) is 0 Å². The molecule has 0 saturated carbocycles. The quantitative estimate of drug-likeness (QED) is 0.583. The summed E-state index contributed by atoms with van der Waals surface area (Å²) in [6.07, 6.45) is 1.32. The number of hydrazine groups is 1. The Bertz CT molecular complexity index is 596. The van der Waals surface area contributed by atoms with Gasteiger partial charge in [-0.2, -0.15) is 0 Å². The molecule has 1 aromatic heterocycles. The van der Waals surface area contributed by atoms with Crippen molar-refractivity contribution in [2.45, 2.75) is 18.9 Å². The number of nitrogens with zero attached hydrogens (tertiary/aromatic N) is 3. The summed E-state index contributed by atoms with van der Waals surface area (Å²) in [7, 11) is 0. The summed E-state index contributed by atoms with van der Waals surface area (Å²) < 4.78 is 0. The van der Waals surface area contributed by atoms with Gasteiger partial charge in [0.2, 0.25) is 0 Å². The van der Waals surface area contributed by atoms with E-state index in [0.29, 0.717) is 11.6 Å². The fraction of sp³-hybridized carbons (Fsp3) is 0.333. The average Bonchev–Trinajstić information content (AvgIpc) is 2.56. The maximum atomic E-state index is 9.62. The molecule has 3 rings (SSSR count). The number of nitrogen functional groups attached to an aromatic ring is 1. The highest BCUT2D eigenvalue weighted by Gasteiger charge is 2.19. The molecular weight excluding hydrogens is 266 g/mol. The van der Waals surface area contributed by atoms with Crippen LogP contribution in [0.4, 0.5) is 11.6 Å². The van der Waals surface area contributed by atoms with Gasteiger partial charge in [0.15, 0.2) is 5.82 Å². The van der Waals surface area contributed by atoms with Crippen molar-refractivity contribution in [2.75, 3.05) is 23.4 Å². The van der Waals surface area contributed by atoms with Crippen LogP contribution in [0.15, 0.2) is 36.4 Å². The summed E-state index contributed by atoms with van der Waals surface area (Å²) in [4.78, 5) is 11.2. The van der Waals surface area contributed by atoms with Crippen molar-refractivity contribution < 1.29 is 5.11 Å². The molecule has 1 fully saturated rings. The van der Waals surface area contributed by atoms with Crippen molar-refractivity contribution in [2.24, 2.45) is 5.84 Å². The van der Waals surface area contributed by atoms with E-state index < -0.39 is 0 Å². The minimum atomic E-state index is -0.205. The molecule has 110 valence electrons. The zero-order valence-electron chi connectivity index (χ0n) is 11.7. The van der Waals surface area contributed by atoms with Crippen LogP contribution in [0.2, 0.25) is 0 Å². The van der Waals surface area contributed by atoms with E-state index >= 15 is 0 Å². The van der Waals surface area contributed by atoms with Gasteiger partial charge in [0.25, 0.3) is 0 Å². The molecule has 4 N–H and O–H groups in total. The number of piperidine rings is 1. The number of anilines is 2. The summed E-state index contributed by atoms with van der Waals surface area (Å²) in [5.41, 5.74) is 3.55. The summed E-state index contributed by atoms with van der Waals surface area (Å²) in [5, 5.41) is 9.62. The lowest BCUT2D eigenvalue weighted by Crippen LogP contribution is -2.36. The third kappa shape index (κ3) is 3.12. The zero-order chi connectivity index (χ0) is 14.7. The Morgan fingerprint density at radius 2 is 1.86 bits per heavy atom. The number of nitrogens with two attached hydrogens (primary N) is 1. The first kappa shape index (κ1) is 13.8. The molecular formula is C15H19N5O. The van der Waals surface area contributed by atoms with Crippen molar-refractivity contribution in [3.8, 4) is 11.4 Å². The first-order valence-corrected chi connectivity index (χ1v) is 7.10. The van der Waals surface area contributed by atoms with E-state index in [9.17, 15) is 5.11 Å². The molecule has 0 aliphatic carbocycles. The predicted octanol–water partition coefficient (Wildman–Crippen LogP) is 1.39. The highest BCUT2D eigenvalue weighted by atomic mass is 16.3. The molecule has 0 bridgehead atoms. The molecule has 1 aliphatic heterocycles. The van der Waals surface area contributed by atoms with Gasteiger partial charge in [0, 0.05) is 24.7 Å². The monoisotopic (exact) mass is 285 g/mol. The number of nitrogens with one attached hydrogen (secondary N) is 1. The topological polar surface area (TPSA) is 87.3 Å². The van der Waals surface area contributed by atoms with E-state index in [-0.39, 0.29) is 6.10 Å². The van der Waals surface area contributed by atoms with Gasteiger partial charge >= 0.3 is 0 Å². The molecule has 21 heavy (non-hydrogen) atoms. The van der Waals surface area contributed by atoms with Crippen molar-refractivity contribution in [3.05, 3.63) is 36.4 Å². The first-order valence-electron chi connectivity index (χ1n) is 7.10. The Hall–Kier alpha value is -2.18. The summed E-state index contributed by atoms with van der Waals surface area (Å²) in [6.45, 7) is 1.58. The second-order valence-electron chi connectivity index (χ2n) is 5.16. The van der Waals surface area contributed by atoms with Crippen LogP contribution in [0, 0.1) is 0 Å². The Labute approximate surface area is 123 Å². The molecule has 2 aromatic rings. The summed E-state index contributed by atoms with van der Waals surface area (Å²) in [6, 6.07) is 11.7. The number of hydrogen-bond acceptors (Lipinski definition) is 6. The molecule has 1 aromatic carbocycles. The van der Waals surface area contributed by atoms with Crippen LogP contribution in [-0.2, 0) is 0 Å². The molecule has 0 unspecified atom stereocenters. The molecule has 6 heteroatoms. The molecule has 1 aliphatic rings. The van der Waals surface area contributed by atoms with Gasteiger partial charge in [-0.05, 0) is 12.8 Å². The van der Waals surface area contributed by atoms with E-state index in [0.717, 1.165) is 37.3 Å². The molecule has 1 saturated heterocycles. The van der Waals surface area contributed by atoms with Gasteiger partial charge in [-0.1, -0.05) is 30.3 Å². The molecule has 0 radical (unpaired) electrons. The smallest absolute Gasteiger partial charge is 0.163 e. The van der Waals surface area contributed by atoms with Crippen LogP contribution in [-0.4, -0.2) is 34.3 Å². The maximum absolute atomic E-state index is 9.62. The number of rotatable bonds is 3. The van der Waals surface area contributed by atoms with Crippen LogP contribution in [0.25, 0.3) is 11.4 Å². The van der Waals surface area contributed by atoms with Gasteiger partial charge < -0.3 is 15.4 Å². The minimum Gasteiger partial charge on any atom is -0.393 e. The van der Waals surface area contributed by atoms with E-state index in [2.05, 4.69) is 20.3 Å². The number of aliphatic hydroxyl groups is 1. The highest BCUT2D eigenvalue weighted by molar-refractivity contribution is 5.61. The van der Waals surface area contributed by atoms with E-state index in [4.69, 9.17) is 5.84 Å². The molecule has 2 heterocycles. The standard InChI is InChI=1S/C15H19N5O/c16-19-13-10-14(20-8-6-12(21)7-9-20)18-15(17-13)11-4-2-1-3-5-11/h1-5,10,12,21H,6-9,16H2,(H,17,18,19). The molecule has 0 spiro atoms. The van der Waals surface area contributed by atoms with Gasteiger partial charge in [0.1, 0.15) is 11.6 Å². The van der Waals surface area contributed by atoms with Gasteiger partial charge in [-0.15, -0.1) is 0 Å². The number of hydrogen-bond donors (Lipinski definition) is 3. The molecule has 0 amide bonds. The largest absolute Gasteiger partial charge is 0.393 e. The van der Waals surface area contributed by atoms with Crippen molar-refractivity contribution in [1.82, 2.24) is 9.97 Å².